The van der Waals surface area contributed by atoms with Crippen LogP contribution < -0.4 is 5.32 Å². The summed E-state index contributed by atoms with van der Waals surface area (Å²) in [5.41, 5.74) is 0.299. The standard InChI is InChI=1S/C11H17N3O2S.C6H5ClN2O2S/c1-5-16-10(15)8-6-12-11(17-4)14-9(8)13-7(2)3;1-12-6-8-2-3(5(10)11)4(7)9-6/h6-7H,5H2,1-4H3,(H,12,13,14);2H,1H3,(H,10,11). The average molecular weight is 460 g/mol. The Morgan fingerprint density at radius 1 is 1.14 bits per heavy atom. The first kappa shape index (κ1) is 24.9. The second-order valence-corrected chi connectivity index (χ2v) is 7.41. The molecule has 0 bridgehead atoms. The third kappa shape index (κ3) is 8.03. The fourth-order valence-corrected chi connectivity index (χ4v) is 2.73. The number of aromatic nitrogens is 4. The maximum Gasteiger partial charge on any atom is 0.343 e. The number of aromatic carboxylic acids is 1. The Morgan fingerprint density at radius 3 is 2.14 bits per heavy atom. The molecule has 0 aliphatic heterocycles. The number of carboxylic acid groups (broad SMARTS) is 1. The van der Waals surface area contributed by atoms with Crippen molar-refractivity contribution in [3.05, 3.63) is 28.7 Å². The van der Waals surface area contributed by atoms with E-state index in [-0.39, 0.29) is 16.8 Å². The number of hydrogen-bond acceptors (Lipinski definition) is 10. The van der Waals surface area contributed by atoms with Crippen molar-refractivity contribution in [2.45, 2.75) is 37.1 Å². The maximum absolute atomic E-state index is 11.7. The van der Waals surface area contributed by atoms with Crippen LogP contribution in [0.1, 0.15) is 41.5 Å². The summed E-state index contributed by atoms with van der Waals surface area (Å²) in [6.07, 6.45) is 6.37. The van der Waals surface area contributed by atoms with Gasteiger partial charge in [-0.3, -0.25) is 0 Å². The summed E-state index contributed by atoms with van der Waals surface area (Å²) >= 11 is 8.29. The number of nitrogens with zero attached hydrogens (tertiary/aromatic N) is 4. The minimum Gasteiger partial charge on any atom is -0.478 e. The molecule has 0 fully saturated rings. The minimum absolute atomic E-state index is 0.0261. The van der Waals surface area contributed by atoms with Gasteiger partial charge in [-0.1, -0.05) is 35.1 Å². The number of anilines is 1. The normalized spacial score (nSPS) is 10.2. The van der Waals surface area contributed by atoms with E-state index < -0.39 is 11.9 Å². The Kier molecular flexibility index (Phi) is 10.7. The second-order valence-electron chi connectivity index (χ2n) is 5.50. The van der Waals surface area contributed by atoms with Gasteiger partial charge in [-0.25, -0.2) is 29.5 Å². The van der Waals surface area contributed by atoms with Gasteiger partial charge in [0.2, 0.25) is 0 Å². The molecule has 158 valence electrons. The number of carbonyl (C=O) groups excluding carboxylic acids is 1. The molecule has 0 aromatic carbocycles. The average Bonchev–Trinajstić information content (AvgIpc) is 2.67. The third-order valence-electron chi connectivity index (χ3n) is 3.00. The van der Waals surface area contributed by atoms with Crippen LogP contribution in [0.3, 0.4) is 0 Å². The van der Waals surface area contributed by atoms with Crippen molar-refractivity contribution < 1.29 is 19.4 Å². The highest BCUT2D eigenvalue weighted by Crippen LogP contribution is 2.18. The maximum atomic E-state index is 11.7. The predicted molar refractivity (Wildman–Crippen MR) is 114 cm³/mol. The highest BCUT2D eigenvalue weighted by atomic mass is 35.5. The van der Waals surface area contributed by atoms with E-state index in [0.29, 0.717) is 28.3 Å². The molecule has 2 N–H and O–H groups in total. The van der Waals surface area contributed by atoms with Crippen LogP contribution in [0.2, 0.25) is 5.15 Å². The Labute approximate surface area is 182 Å². The number of carbonyl (C=O) groups is 2. The second kappa shape index (κ2) is 12.5. The topological polar surface area (TPSA) is 127 Å². The summed E-state index contributed by atoms with van der Waals surface area (Å²) in [6.45, 7) is 6.07. The number of esters is 1. The molecule has 0 amide bonds. The number of rotatable bonds is 7. The number of nitrogens with one attached hydrogen (secondary N) is 1. The van der Waals surface area contributed by atoms with Crippen molar-refractivity contribution in [1.82, 2.24) is 19.9 Å². The van der Waals surface area contributed by atoms with Crippen LogP contribution in [0.25, 0.3) is 0 Å². The summed E-state index contributed by atoms with van der Waals surface area (Å²) in [4.78, 5) is 38.0. The molecule has 0 aliphatic carbocycles. The number of halogens is 1. The van der Waals surface area contributed by atoms with E-state index in [0.717, 1.165) is 0 Å². The summed E-state index contributed by atoms with van der Waals surface area (Å²) < 4.78 is 4.96. The monoisotopic (exact) mass is 459 g/mol. The molecule has 0 saturated carbocycles. The van der Waals surface area contributed by atoms with Gasteiger partial charge in [0.25, 0.3) is 0 Å². The van der Waals surface area contributed by atoms with Crippen molar-refractivity contribution in [2.75, 3.05) is 24.4 Å². The van der Waals surface area contributed by atoms with E-state index in [9.17, 15) is 9.59 Å². The zero-order valence-electron chi connectivity index (χ0n) is 16.6. The Morgan fingerprint density at radius 2 is 1.69 bits per heavy atom. The van der Waals surface area contributed by atoms with Crippen LogP contribution in [0, 0.1) is 0 Å². The van der Waals surface area contributed by atoms with Crippen LogP contribution in [0.15, 0.2) is 22.7 Å². The number of carboxylic acids is 1. The molecule has 2 aromatic heterocycles. The van der Waals surface area contributed by atoms with Gasteiger partial charge in [0.1, 0.15) is 22.1 Å². The minimum atomic E-state index is -1.12. The first-order valence-corrected chi connectivity index (χ1v) is 11.2. The zero-order valence-corrected chi connectivity index (χ0v) is 19.0. The lowest BCUT2D eigenvalue weighted by Crippen LogP contribution is -2.17. The van der Waals surface area contributed by atoms with Gasteiger partial charge >= 0.3 is 11.9 Å². The molecule has 0 radical (unpaired) electrons. The van der Waals surface area contributed by atoms with Gasteiger partial charge in [0, 0.05) is 18.4 Å². The molecular weight excluding hydrogens is 438 g/mol. The largest absolute Gasteiger partial charge is 0.478 e. The van der Waals surface area contributed by atoms with Gasteiger partial charge in [-0.15, -0.1) is 0 Å². The lowest BCUT2D eigenvalue weighted by Gasteiger charge is -2.13. The molecule has 2 aromatic rings. The first-order valence-electron chi connectivity index (χ1n) is 8.37. The molecule has 9 nitrogen and oxygen atoms in total. The molecule has 0 spiro atoms. The molecule has 12 heteroatoms. The highest BCUT2D eigenvalue weighted by molar-refractivity contribution is 7.98. The Balaban J connectivity index is 0.000000308. The van der Waals surface area contributed by atoms with Crippen molar-refractivity contribution in [3.8, 4) is 0 Å². The lowest BCUT2D eigenvalue weighted by atomic mass is 10.3. The van der Waals surface area contributed by atoms with E-state index in [1.54, 1.807) is 13.2 Å². The van der Waals surface area contributed by atoms with Gasteiger partial charge in [-0.05, 0) is 33.3 Å². The Bertz CT molecular complexity index is 855. The van der Waals surface area contributed by atoms with Crippen molar-refractivity contribution in [3.63, 3.8) is 0 Å². The van der Waals surface area contributed by atoms with Gasteiger partial charge < -0.3 is 15.2 Å². The molecule has 29 heavy (non-hydrogen) atoms. The van der Waals surface area contributed by atoms with Gasteiger partial charge in [-0.2, -0.15) is 0 Å². The predicted octanol–water partition coefficient (Wildman–Crippen LogP) is 3.75. The van der Waals surface area contributed by atoms with Crippen molar-refractivity contribution in [2.24, 2.45) is 0 Å². The van der Waals surface area contributed by atoms with E-state index >= 15 is 0 Å². The van der Waals surface area contributed by atoms with Crippen LogP contribution >= 0.6 is 35.1 Å². The van der Waals surface area contributed by atoms with E-state index in [1.807, 2.05) is 20.1 Å². The molecule has 0 atom stereocenters. The quantitative estimate of drug-likeness (QED) is 0.272. The summed E-state index contributed by atoms with van der Waals surface area (Å²) in [5.74, 6) is -0.992. The fraction of sp³-hybridized carbons (Fsp3) is 0.412. The van der Waals surface area contributed by atoms with E-state index in [4.69, 9.17) is 21.4 Å². The third-order valence-corrected chi connectivity index (χ3v) is 4.41. The Hall–Kier alpha value is -2.11. The smallest absolute Gasteiger partial charge is 0.343 e. The summed E-state index contributed by atoms with van der Waals surface area (Å²) in [5, 5.41) is 12.7. The molecular formula is C17H22ClN5O4S2. The van der Waals surface area contributed by atoms with E-state index in [1.165, 1.54) is 35.9 Å². The summed E-state index contributed by atoms with van der Waals surface area (Å²) in [6, 6.07) is 0.188. The molecule has 0 saturated heterocycles. The highest BCUT2D eigenvalue weighted by Gasteiger charge is 2.16. The molecule has 2 heterocycles. The number of ether oxygens (including phenoxy) is 1. The first-order chi connectivity index (χ1) is 13.7. The lowest BCUT2D eigenvalue weighted by molar-refractivity contribution is 0.0525. The van der Waals surface area contributed by atoms with Gasteiger partial charge in [0.15, 0.2) is 10.3 Å². The zero-order chi connectivity index (χ0) is 22.0. The number of hydrogen-bond donors (Lipinski definition) is 2. The van der Waals surface area contributed by atoms with E-state index in [2.05, 4.69) is 25.3 Å². The van der Waals surface area contributed by atoms with Crippen molar-refractivity contribution in [1.29, 1.82) is 0 Å². The van der Waals surface area contributed by atoms with Crippen LogP contribution in [0.5, 0.6) is 0 Å². The summed E-state index contributed by atoms with van der Waals surface area (Å²) in [7, 11) is 0. The van der Waals surface area contributed by atoms with Crippen LogP contribution in [-0.2, 0) is 4.74 Å². The SMILES string of the molecule is CCOC(=O)c1cnc(SC)nc1NC(C)C.CSc1ncc(C(=O)O)c(Cl)n1. The molecule has 2 rings (SSSR count). The fourth-order valence-electron chi connectivity index (χ4n) is 1.79. The molecule has 0 unspecified atom stereocenters. The van der Waals surface area contributed by atoms with Crippen LogP contribution in [0.4, 0.5) is 5.82 Å². The number of thioether (sulfide) groups is 2. The van der Waals surface area contributed by atoms with Gasteiger partial charge in [0.05, 0.1) is 6.61 Å². The van der Waals surface area contributed by atoms with Crippen LogP contribution in [-0.4, -0.2) is 62.1 Å². The van der Waals surface area contributed by atoms with Crippen molar-refractivity contribution >= 4 is 52.9 Å². The molecule has 0 aliphatic rings.